The molecule has 2 fully saturated rings. The van der Waals surface area contributed by atoms with Crippen molar-refractivity contribution in [3.63, 3.8) is 0 Å². The van der Waals surface area contributed by atoms with Crippen LogP contribution in [0.5, 0.6) is 0 Å². The van der Waals surface area contributed by atoms with Crippen molar-refractivity contribution >= 4 is 44.1 Å². The van der Waals surface area contributed by atoms with Gasteiger partial charge in [-0.1, -0.05) is 43.6 Å². The zero-order valence-electron chi connectivity index (χ0n) is 23.4. The maximum Gasteiger partial charge on any atom is 0.245 e. The van der Waals surface area contributed by atoms with Crippen LogP contribution in [0, 0.1) is 12.8 Å². The van der Waals surface area contributed by atoms with Crippen molar-refractivity contribution in [1.82, 2.24) is 20.2 Å². The van der Waals surface area contributed by atoms with Crippen LogP contribution < -0.4 is 10.6 Å². The van der Waals surface area contributed by atoms with Crippen LogP contribution >= 0.6 is 11.6 Å². The number of aryl methyl sites for hydroxylation is 1. The number of likely N-dealkylation sites (tertiary alicyclic amines) is 1. The number of anilines is 1. The van der Waals surface area contributed by atoms with Gasteiger partial charge in [0.1, 0.15) is 17.7 Å². The molecule has 2 heterocycles. The second-order valence-electron chi connectivity index (χ2n) is 11.6. The Labute approximate surface area is 241 Å². The van der Waals surface area contributed by atoms with Gasteiger partial charge >= 0.3 is 0 Å². The van der Waals surface area contributed by atoms with Gasteiger partial charge in [0.05, 0.1) is 21.7 Å². The number of benzene rings is 2. The molecule has 2 aromatic carbocycles. The van der Waals surface area contributed by atoms with Gasteiger partial charge in [-0.3, -0.25) is 4.79 Å². The third kappa shape index (κ3) is 6.11. The fourth-order valence-corrected chi connectivity index (χ4v) is 8.16. The molecule has 1 saturated carbocycles. The van der Waals surface area contributed by atoms with Crippen LogP contribution in [0.25, 0.3) is 10.9 Å². The summed E-state index contributed by atoms with van der Waals surface area (Å²) in [5.74, 6) is 1.54. The molecule has 0 spiro atoms. The number of sulfone groups is 1. The van der Waals surface area contributed by atoms with Crippen LogP contribution in [0.3, 0.4) is 0 Å². The molecule has 1 amide bonds. The number of hydrogen-bond donors (Lipinski definition) is 2. The third-order valence-corrected chi connectivity index (χ3v) is 10.3. The highest BCUT2D eigenvalue weighted by atomic mass is 35.5. The number of aromatic nitrogens is 2. The van der Waals surface area contributed by atoms with Gasteiger partial charge in [0.2, 0.25) is 5.91 Å². The number of hydrogen-bond acceptors (Lipinski definition) is 7. The minimum absolute atomic E-state index is 0.0788. The van der Waals surface area contributed by atoms with Crippen molar-refractivity contribution in [3.05, 3.63) is 59.4 Å². The summed E-state index contributed by atoms with van der Waals surface area (Å²) in [5, 5.41) is 8.31. The van der Waals surface area contributed by atoms with Crippen molar-refractivity contribution < 1.29 is 13.2 Å². The van der Waals surface area contributed by atoms with E-state index in [1.807, 2.05) is 24.0 Å². The highest BCUT2D eigenvalue weighted by Crippen LogP contribution is 2.39. The SMILES string of the molecule is Cc1nc(N[C@H]2CCN(C3(CS(=O)(=O)c4ccccc4)CCC(NCC(C)C)CC3)C2=O)c2cc(Cl)ccc2n1. The van der Waals surface area contributed by atoms with E-state index in [1.165, 1.54) is 0 Å². The quantitative estimate of drug-likeness (QED) is 0.365. The topological polar surface area (TPSA) is 104 Å². The van der Waals surface area contributed by atoms with E-state index >= 15 is 0 Å². The van der Waals surface area contributed by atoms with Crippen molar-refractivity contribution in [2.24, 2.45) is 5.92 Å². The summed E-state index contributed by atoms with van der Waals surface area (Å²) < 4.78 is 27.3. The van der Waals surface area contributed by atoms with Crippen LogP contribution in [0.2, 0.25) is 5.02 Å². The molecule has 1 aromatic heterocycles. The molecule has 3 aromatic rings. The fourth-order valence-electron chi connectivity index (χ4n) is 6.10. The van der Waals surface area contributed by atoms with E-state index in [2.05, 4.69) is 34.4 Å². The van der Waals surface area contributed by atoms with Gasteiger partial charge in [0.25, 0.3) is 0 Å². The van der Waals surface area contributed by atoms with Crippen LogP contribution in [0.15, 0.2) is 53.4 Å². The number of carbonyl (C=O) groups excluding carboxylic acids is 1. The van der Waals surface area contributed by atoms with Gasteiger partial charge in [-0.15, -0.1) is 0 Å². The lowest BCUT2D eigenvalue weighted by atomic mass is 9.79. The Bertz CT molecular complexity index is 1470. The van der Waals surface area contributed by atoms with E-state index in [0.29, 0.717) is 59.3 Å². The Morgan fingerprint density at radius 2 is 1.80 bits per heavy atom. The Kier molecular flexibility index (Phi) is 8.36. The molecule has 2 N–H and O–H groups in total. The van der Waals surface area contributed by atoms with E-state index < -0.39 is 21.4 Å². The average Bonchev–Trinajstić information content (AvgIpc) is 3.29. The zero-order valence-corrected chi connectivity index (χ0v) is 24.9. The van der Waals surface area contributed by atoms with Crippen LogP contribution in [-0.4, -0.2) is 65.7 Å². The summed E-state index contributed by atoms with van der Waals surface area (Å²) in [6.07, 6.45) is 3.49. The molecular weight excluding hydrogens is 546 g/mol. The van der Waals surface area contributed by atoms with Gasteiger partial charge in [0.15, 0.2) is 9.84 Å². The van der Waals surface area contributed by atoms with Crippen molar-refractivity contribution in [1.29, 1.82) is 0 Å². The molecule has 0 bridgehead atoms. The summed E-state index contributed by atoms with van der Waals surface area (Å²) >= 11 is 6.26. The highest BCUT2D eigenvalue weighted by molar-refractivity contribution is 7.91. The zero-order chi connectivity index (χ0) is 28.5. The smallest absolute Gasteiger partial charge is 0.245 e. The lowest BCUT2D eigenvalue weighted by Gasteiger charge is -2.46. The first kappa shape index (κ1) is 28.8. The van der Waals surface area contributed by atoms with Crippen molar-refractivity contribution in [2.75, 3.05) is 24.2 Å². The molecule has 2 aliphatic rings. The molecule has 8 nitrogen and oxygen atoms in total. The Hall–Kier alpha value is -2.75. The predicted molar refractivity (Wildman–Crippen MR) is 159 cm³/mol. The summed E-state index contributed by atoms with van der Waals surface area (Å²) in [5.41, 5.74) is -0.00937. The first-order chi connectivity index (χ1) is 19.1. The number of carbonyl (C=O) groups is 1. The second-order valence-corrected chi connectivity index (χ2v) is 14.1. The van der Waals surface area contributed by atoms with Crippen LogP contribution in [0.1, 0.15) is 51.8 Å². The average molecular weight is 584 g/mol. The van der Waals surface area contributed by atoms with Gasteiger partial charge in [-0.05, 0) is 81.8 Å². The number of nitrogens with one attached hydrogen (secondary N) is 2. The second kappa shape index (κ2) is 11.6. The Morgan fingerprint density at radius 1 is 1.07 bits per heavy atom. The largest absolute Gasteiger partial charge is 0.358 e. The van der Waals surface area contributed by atoms with E-state index in [9.17, 15) is 13.2 Å². The summed E-state index contributed by atoms with van der Waals surface area (Å²) in [6.45, 7) is 7.59. The molecule has 1 aliphatic heterocycles. The monoisotopic (exact) mass is 583 g/mol. The van der Waals surface area contributed by atoms with Crippen molar-refractivity contribution in [3.8, 4) is 0 Å². The predicted octanol–water partition coefficient (Wildman–Crippen LogP) is 5.01. The van der Waals surface area contributed by atoms with Crippen LogP contribution in [-0.2, 0) is 14.6 Å². The number of nitrogens with zero attached hydrogens (tertiary/aromatic N) is 3. The lowest BCUT2D eigenvalue weighted by molar-refractivity contribution is -0.134. The molecular formula is C30H38ClN5O3S. The summed E-state index contributed by atoms with van der Waals surface area (Å²) in [6, 6.07) is 13.8. The molecule has 1 saturated heterocycles. The number of rotatable bonds is 9. The summed E-state index contributed by atoms with van der Waals surface area (Å²) in [4.78, 5) is 25.2. The van der Waals surface area contributed by atoms with Crippen LogP contribution in [0.4, 0.5) is 5.82 Å². The molecule has 214 valence electrons. The van der Waals surface area contributed by atoms with E-state index in [4.69, 9.17) is 11.6 Å². The molecule has 1 atom stereocenters. The first-order valence-electron chi connectivity index (χ1n) is 14.1. The molecule has 0 unspecified atom stereocenters. The number of halogens is 1. The van der Waals surface area contributed by atoms with Gasteiger partial charge in [-0.2, -0.15) is 0 Å². The maximum atomic E-state index is 14.0. The Morgan fingerprint density at radius 3 is 2.50 bits per heavy atom. The van der Waals surface area contributed by atoms with Gasteiger partial charge in [0, 0.05) is 23.0 Å². The van der Waals surface area contributed by atoms with Crippen molar-refractivity contribution in [2.45, 2.75) is 75.4 Å². The highest BCUT2D eigenvalue weighted by Gasteiger charge is 2.49. The minimum Gasteiger partial charge on any atom is -0.358 e. The minimum atomic E-state index is -3.61. The number of amides is 1. The van der Waals surface area contributed by atoms with E-state index in [-0.39, 0.29) is 11.7 Å². The summed E-state index contributed by atoms with van der Waals surface area (Å²) in [7, 11) is -3.61. The van der Waals surface area contributed by atoms with Gasteiger partial charge in [-0.25, -0.2) is 18.4 Å². The Balaban J connectivity index is 1.41. The lowest BCUT2D eigenvalue weighted by Crippen LogP contribution is -2.58. The third-order valence-electron chi connectivity index (χ3n) is 8.15. The number of fused-ring (bicyclic) bond motifs is 1. The molecule has 0 radical (unpaired) electrons. The van der Waals surface area contributed by atoms with E-state index in [0.717, 1.165) is 30.3 Å². The fraction of sp³-hybridized carbons (Fsp3) is 0.500. The molecule has 10 heteroatoms. The molecule has 1 aliphatic carbocycles. The first-order valence-corrected chi connectivity index (χ1v) is 16.1. The maximum absolute atomic E-state index is 14.0. The van der Waals surface area contributed by atoms with Gasteiger partial charge < -0.3 is 15.5 Å². The standard InChI is InChI=1S/C30H38ClN5O3S/c1-20(2)18-32-23-11-14-30(15-12-23,19-40(38,39)24-7-5-4-6-8-24)36-16-13-27(29(36)37)35-28-25-17-22(31)9-10-26(25)33-21(3)34-28/h4-10,17,20,23,27,32H,11-16,18-19H2,1-3H3,(H,33,34,35)/t23?,27-,30?/m0/s1. The molecule has 40 heavy (non-hydrogen) atoms. The van der Waals surface area contributed by atoms with E-state index in [1.54, 1.807) is 36.4 Å². The molecule has 5 rings (SSSR count). The normalized spacial score (nSPS) is 23.7.